The van der Waals surface area contributed by atoms with Crippen LogP contribution in [0.5, 0.6) is 5.75 Å². The summed E-state index contributed by atoms with van der Waals surface area (Å²) in [5.74, 6) is 2.30. The highest BCUT2D eigenvalue weighted by molar-refractivity contribution is 7.14. The smallest absolute Gasteiger partial charge is 0.321 e. The van der Waals surface area contributed by atoms with Gasteiger partial charge < -0.3 is 25.2 Å². The van der Waals surface area contributed by atoms with Gasteiger partial charge in [0.15, 0.2) is 0 Å². The van der Waals surface area contributed by atoms with Crippen LogP contribution in [-0.2, 0) is 6.42 Å². The first kappa shape index (κ1) is 38.8. The van der Waals surface area contributed by atoms with Gasteiger partial charge in [-0.2, -0.15) is 0 Å². The Morgan fingerprint density at radius 1 is 0.981 bits per heavy atom. The van der Waals surface area contributed by atoms with Gasteiger partial charge in [0.05, 0.1) is 30.2 Å². The number of aliphatic hydroxyl groups is 2. The molecule has 8 heteroatoms. The van der Waals surface area contributed by atoms with E-state index in [-0.39, 0.29) is 29.7 Å². The number of aryl methyl sites for hydroxylation is 1. The molecule has 6 aliphatic rings. The standard InChI is InChI=1S/C46H60N2O5S/c1-29-8-7-22-45(5)39(37-19-11-31(24-35(49)16-9-29)25-38(37)42(50)41-20-10-30(2)54-41)21-23-46(45,52)28-48(27-32-12-13-33-26-40(32)44(33,3)4)43(51)47-34-14-17-36(53-6)18-15-34/h8,10-11,14-15,17-20,25,32-33,35,39-40,49,52H,7,9,12-13,16,21-24,26-28H2,1-6H3,(H,47,51). The number of hydrogen-bond acceptors (Lipinski definition) is 6. The van der Waals surface area contributed by atoms with Crippen molar-refractivity contribution in [2.24, 2.45) is 28.6 Å². The van der Waals surface area contributed by atoms with Crippen LogP contribution in [0.25, 0.3) is 0 Å². The van der Waals surface area contributed by atoms with Crippen molar-refractivity contribution in [3.05, 3.63) is 92.7 Å². The first-order valence-corrected chi connectivity index (χ1v) is 21.0. The summed E-state index contributed by atoms with van der Waals surface area (Å²) in [5, 5.41) is 27.4. The number of nitrogens with one attached hydrogen (secondary N) is 1. The van der Waals surface area contributed by atoms with E-state index in [1.807, 2.05) is 54.3 Å². The molecular weight excluding hydrogens is 693 g/mol. The monoisotopic (exact) mass is 752 g/mol. The number of allylic oxidation sites excluding steroid dienone is 2. The number of benzene rings is 2. The number of amides is 2. The summed E-state index contributed by atoms with van der Waals surface area (Å²) >= 11 is 1.51. The normalized spacial score (nSPS) is 30.4. The van der Waals surface area contributed by atoms with Crippen molar-refractivity contribution in [1.82, 2.24) is 4.90 Å². The maximum absolute atomic E-state index is 14.5. The Kier molecular flexibility index (Phi) is 10.9. The lowest BCUT2D eigenvalue weighted by Gasteiger charge is -2.60. The van der Waals surface area contributed by atoms with Gasteiger partial charge in [-0.3, -0.25) is 4.79 Å². The second-order valence-corrected chi connectivity index (χ2v) is 19.2. The number of carbonyl (C=O) groups excluding carboxylic acids is 2. The Hall–Kier alpha value is -3.46. The highest BCUT2D eigenvalue weighted by atomic mass is 32.1. The Morgan fingerprint density at radius 2 is 1.76 bits per heavy atom. The van der Waals surface area contributed by atoms with Gasteiger partial charge >= 0.3 is 6.03 Å². The fraction of sp³-hybridized carbons (Fsp3) is 0.565. The number of anilines is 1. The van der Waals surface area contributed by atoms with E-state index in [1.165, 1.54) is 29.8 Å². The van der Waals surface area contributed by atoms with Crippen LogP contribution in [0, 0.1) is 35.5 Å². The van der Waals surface area contributed by atoms with E-state index < -0.39 is 17.1 Å². The van der Waals surface area contributed by atoms with Gasteiger partial charge in [0.2, 0.25) is 5.78 Å². The highest BCUT2D eigenvalue weighted by Crippen LogP contribution is 2.62. The molecule has 3 aromatic rings. The van der Waals surface area contributed by atoms with E-state index in [0.29, 0.717) is 66.6 Å². The van der Waals surface area contributed by atoms with Gasteiger partial charge in [-0.05, 0) is 161 Å². The summed E-state index contributed by atoms with van der Waals surface area (Å²) in [6, 6.07) is 17.3. The molecular formula is C46H60N2O5S. The number of nitrogens with zero attached hydrogens (tertiary/aromatic N) is 1. The first-order chi connectivity index (χ1) is 25.7. The van der Waals surface area contributed by atoms with Crippen LogP contribution in [0.4, 0.5) is 10.5 Å². The zero-order valence-corrected chi connectivity index (χ0v) is 33.9. The molecule has 4 saturated carbocycles. The number of carbonyl (C=O) groups is 2. The molecule has 9 rings (SSSR count). The van der Waals surface area contributed by atoms with Crippen molar-refractivity contribution in [2.45, 2.75) is 116 Å². The predicted octanol–water partition coefficient (Wildman–Crippen LogP) is 9.94. The number of fused-ring (bicyclic) bond motifs is 10. The van der Waals surface area contributed by atoms with Gasteiger partial charge in [-0.15, -0.1) is 11.3 Å². The summed E-state index contributed by atoms with van der Waals surface area (Å²) < 4.78 is 5.36. The lowest BCUT2D eigenvalue weighted by atomic mass is 9.45. The molecule has 7 atom stereocenters. The third-order valence-electron chi connectivity index (χ3n) is 14.4. The number of urea groups is 1. The molecule has 3 N–H and O–H groups in total. The molecule has 0 radical (unpaired) electrons. The first-order valence-electron chi connectivity index (χ1n) is 20.2. The Balaban J connectivity index is 1.26. The van der Waals surface area contributed by atoms with Gasteiger partial charge in [-0.25, -0.2) is 4.79 Å². The van der Waals surface area contributed by atoms with Crippen molar-refractivity contribution < 1.29 is 24.5 Å². The number of thiophene rings is 1. The highest BCUT2D eigenvalue weighted by Gasteiger charge is 2.59. The zero-order valence-electron chi connectivity index (χ0n) is 33.1. The SMILES string of the molecule is COc1ccc(NC(=O)N(CC2CCC3CC2C3(C)C)CC2(O)CCC3c4ccc(cc4C(=O)c4ccc(C)s4)CC(O)CCC(C)=CCCC32C)cc1. The molecule has 0 saturated heterocycles. The van der Waals surface area contributed by atoms with Crippen LogP contribution in [0.3, 0.4) is 0 Å². The Morgan fingerprint density at radius 3 is 2.44 bits per heavy atom. The van der Waals surface area contributed by atoms with E-state index in [0.717, 1.165) is 46.9 Å². The van der Waals surface area contributed by atoms with Crippen molar-refractivity contribution in [3.8, 4) is 5.75 Å². The number of hydrogen-bond donors (Lipinski definition) is 3. The van der Waals surface area contributed by atoms with Crippen LogP contribution in [0.1, 0.15) is 123 Å². The van der Waals surface area contributed by atoms with Crippen LogP contribution >= 0.6 is 11.3 Å². The van der Waals surface area contributed by atoms with E-state index in [2.05, 4.69) is 51.2 Å². The molecule has 4 bridgehead atoms. The largest absolute Gasteiger partial charge is 0.497 e. The maximum atomic E-state index is 14.5. The minimum Gasteiger partial charge on any atom is -0.497 e. The molecule has 4 fully saturated rings. The predicted molar refractivity (Wildman–Crippen MR) is 218 cm³/mol. The second kappa shape index (κ2) is 15.2. The Labute approximate surface area is 326 Å². The molecule has 0 spiro atoms. The summed E-state index contributed by atoms with van der Waals surface area (Å²) in [6.45, 7) is 12.0. The molecule has 7 unspecified atom stereocenters. The van der Waals surface area contributed by atoms with Gasteiger partial charge in [0.1, 0.15) is 5.75 Å². The lowest BCUT2D eigenvalue weighted by molar-refractivity contribution is -0.117. The molecule has 1 aromatic heterocycles. The lowest BCUT2D eigenvalue weighted by Crippen LogP contribution is -2.58. The topological polar surface area (TPSA) is 99.1 Å². The van der Waals surface area contributed by atoms with E-state index in [4.69, 9.17) is 4.74 Å². The molecule has 6 aliphatic carbocycles. The molecule has 0 aliphatic heterocycles. The van der Waals surface area contributed by atoms with Gasteiger partial charge in [-0.1, -0.05) is 44.6 Å². The minimum absolute atomic E-state index is 0.000671. The Bertz CT molecular complexity index is 1880. The number of aliphatic hydroxyl groups excluding tert-OH is 1. The zero-order chi connectivity index (χ0) is 38.4. The van der Waals surface area contributed by atoms with Crippen molar-refractivity contribution in [1.29, 1.82) is 0 Å². The minimum atomic E-state index is -1.20. The molecule has 2 amide bonds. The molecule has 290 valence electrons. The number of rotatable bonds is 8. The van der Waals surface area contributed by atoms with E-state index >= 15 is 0 Å². The van der Waals surface area contributed by atoms with E-state index in [1.54, 1.807) is 7.11 Å². The average Bonchev–Trinajstić information content (AvgIpc) is 3.69. The third-order valence-corrected chi connectivity index (χ3v) is 15.4. The number of methoxy groups -OCH3 is 1. The average molecular weight is 753 g/mol. The van der Waals surface area contributed by atoms with Crippen molar-refractivity contribution in [2.75, 3.05) is 25.5 Å². The molecule has 2 aromatic carbocycles. The van der Waals surface area contributed by atoms with E-state index in [9.17, 15) is 19.8 Å². The quantitative estimate of drug-likeness (QED) is 0.157. The number of ether oxygens (including phenoxy) is 1. The van der Waals surface area contributed by atoms with Crippen LogP contribution in [-0.4, -0.2) is 58.8 Å². The summed E-state index contributed by atoms with van der Waals surface area (Å²) in [7, 11) is 1.63. The van der Waals surface area contributed by atoms with Crippen molar-refractivity contribution >= 4 is 28.8 Å². The maximum Gasteiger partial charge on any atom is 0.321 e. The van der Waals surface area contributed by atoms with Crippen molar-refractivity contribution in [3.63, 3.8) is 0 Å². The fourth-order valence-electron chi connectivity index (χ4n) is 10.8. The molecule has 1 heterocycles. The third kappa shape index (κ3) is 7.43. The van der Waals surface area contributed by atoms with Gasteiger partial charge in [0.25, 0.3) is 0 Å². The summed E-state index contributed by atoms with van der Waals surface area (Å²) in [6.07, 6.45) is 9.91. The second-order valence-electron chi connectivity index (χ2n) is 17.9. The summed E-state index contributed by atoms with van der Waals surface area (Å²) in [4.78, 5) is 32.6. The van der Waals surface area contributed by atoms with Gasteiger partial charge in [0, 0.05) is 28.1 Å². The van der Waals surface area contributed by atoms with Crippen LogP contribution < -0.4 is 10.1 Å². The van der Waals surface area contributed by atoms with Crippen LogP contribution in [0.15, 0.2) is 66.2 Å². The fourth-order valence-corrected chi connectivity index (χ4v) is 11.6. The number of ketones is 1. The molecule has 7 nitrogen and oxygen atoms in total. The van der Waals surface area contributed by atoms with Crippen LogP contribution in [0.2, 0.25) is 0 Å². The molecule has 54 heavy (non-hydrogen) atoms. The summed E-state index contributed by atoms with van der Waals surface area (Å²) in [5.41, 5.74) is 2.95.